The first-order valence-corrected chi connectivity index (χ1v) is 6.18. The Bertz CT molecular complexity index is 590. The van der Waals surface area contributed by atoms with Gasteiger partial charge in [-0.05, 0) is 18.2 Å². The van der Waals surface area contributed by atoms with Crippen LogP contribution in [0.5, 0.6) is 11.5 Å². The minimum absolute atomic E-state index is 0.0208. The van der Waals surface area contributed by atoms with E-state index >= 15 is 0 Å². The molecule has 0 unspecified atom stereocenters. The van der Waals surface area contributed by atoms with Gasteiger partial charge in [-0.3, -0.25) is 0 Å². The Balaban J connectivity index is 1.92. The fourth-order valence-electron chi connectivity index (χ4n) is 1.66. The van der Waals surface area contributed by atoms with Crippen LogP contribution in [-0.4, -0.2) is 12.7 Å². The van der Waals surface area contributed by atoms with E-state index in [4.69, 9.17) is 4.74 Å². The molecule has 0 saturated carbocycles. The normalized spacial score (nSPS) is 10.2. The van der Waals surface area contributed by atoms with Crippen molar-refractivity contribution in [2.24, 2.45) is 0 Å². The highest BCUT2D eigenvalue weighted by Gasteiger charge is 2.10. The molecule has 0 bridgehead atoms. The Kier molecular flexibility index (Phi) is 5.09. The van der Waals surface area contributed by atoms with E-state index in [-0.39, 0.29) is 12.3 Å². The maximum Gasteiger partial charge on any atom is 0.412 e. The van der Waals surface area contributed by atoms with Gasteiger partial charge in [0.15, 0.2) is 0 Å². The lowest BCUT2D eigenvalue weighted by atomic mass is 10.2. The van der Waals surface area contributed by atoms with Gasteiger partial charge in [0.1, 0.15) is 11.5 Å². The SMILES string of the molecule is O=C(NCc1ccccc1OC(F)F)Oc1ccccc1. The second-order valence-electron chi connectivity index (χ2n) is 4.04. The molecule has 0 radical (unpaired) electrons. The van der Waals surface area contributed by atoms with E-state index in [9.17, 15) is 13.6 Å². The number of nitrogens with one attached hydrogen (secondary N) is 1. The van der Waals surface area contributed by atoms with Crippen LogP contribution in [0, 0.1) is 0 Å². The van der Waals surface area contributed by atoms with Crippen molar-refractivity contribution >= 4 is 6.09 Å². The predicted molar refractivity (Wildman–Crippen MR) is 72.4 cm³/mol. The van der Waals surface area contributed by atoms with Crippen molar-refractivity contribution in [2.75, 3.05) is 0 Å². The molecular weight excluding hydrogens is 280 g/mol. The maximum absolute atomic E-state index is 12.3. The summed E-state index contributed by atoms with van der Waals surface area (Å²) < 4.78 is 33.9. The molecule has 2 rings (SSSR count). The lowest BCUT2D eigenvalue weighted by Gasteiger charge is -2.11. The molecule has 110 valence electrons. The molecule has 6 heteroatoms. The number of carbonyl (C=O) groups excluding carboxylic acids is 1. The molecule has 0 aliphatic heterocycles. The van der Waals surface area contributed by atoms with Crippen LogP contribution in [0.25, 0.3) is 0 Å². The minimum Gasteiger partial charge on any atom is -0.434 e. The van der Waals surface area contributed by atoms with Gasteiger partial charge in [-0.1, -0.05) is 36.4 Å². The molecule has 2 aromatic rings. The zero-order valence-electron chi connectivity index (χ0n) is 11.0. The number of benzene rings is 2. The molecule has 0 aromatic heterocycles. The summed E-state index contributed by atoms with van der Waals surface area (Å²) >= 11 is 0. The third-order valence-corrected chi connectivity index (χ3v) is 2.57. The molecule has 1 N–H and O–H groups in total. The highest BCUT2D eigenvalue weighted by molar-refractivity contribution is 5.70. The van der Waals surface area contributed by atoms with Crippen molar-refractivity contribution in [2.45, 2.75) is 13.2 Å². The first-order valence-electron chi connectivity index (χ1n) is 6.18. The third kappa shape index (κ3) is 4.76. The number of amides is 1. The summed E-state index contributed by atoms with van der Waals surface area (Å²) in [4.78, 5) is 11.6. The smallest absolute Gasteiger partial charge is 0.412 e. The number of hydrogen-bond acceptors (Lipinski definition) is 3. The largest absolute Gasteiger partial charge is 0.434 e. The Morgan fingerprint density at radius 3 is 2.43 bits per heavy atom. The average Bonchev–Trinajstić information content (AvgIpc) is 2.47. The molecule has 0 atom stereocenters. The van der Waals surface area contributed by atoms with Gasteiger partial charge in [0.25, 0.3) is 0 Å². The standard InChI is InChI=1S/C15H13F2NO3/c16-14(17)21-13-9-5-4-6-11(13)10-18-15(19)20-12-7-2-1-3-8-12/h1-9,14H,10H2,(H,18,19). The van der Waals surface area contributed by atoms with E-state index in [1.807, 2.05) is 0 Å². The Morgan fingerprint density at radius 2 is 1.71 bits per heavy atom. The summed E-state index contributed by atoms with van der Waals surface area (Å²) in [6.07, 6.45) is -0.673. The fourth-order valence-corrected chi connectivity index (χ4v) is 1.66. The number of halogens is 2. The number of carbonyl (C=O) groups is 1. The molecule has 1 amide bonds. The molecule has 0 spiro atoms. The number of ether oxygens (including phenoxy) is 2. The zero-order valence-corrected chi connectivity index (χ0v) is 11.0. The van der Waals surface area contributed by atoms with Gasteiger partial charge in [-0.2, -0.15) is 8.78 Å². The van der Waals surface area contributed by atoms with E-state index in [0.29, 0.717) is 11.3 Å². The van der Waals surface area contributed by atoms with Gasteiger partial charge < -0.3 is 14.8 Å². The van der Waals surface area contributed by atoms with Crippen molar-refractivity contribution in [1.29, 1.82) is 0 Å². The van der Waals surface area contributed by atoms with Gasteiger partial charge in [-0.25, -0.2) is 4.79 Å². The van der Waals surface area contributed by atoms with Crippen LogP contribution in [0.2, 0.25) is 0 Å². The van der Waals surface area contributed by atoms with E-state index < -0.39 is 12.7 Å². The van der Waals surface area contributed by atoms with Crippen LogP contribution in [0.4, 0.5) is 13.6 Å². The lowest BCUT2D eigenvalue weighted by molar-refractivity contribution is -0.0504. The quantitative estimate of drug-likeness (QED) is 0.916. The van der Waals surface area contributed by atoms with Gasteiger partial charge in [-0.15, -0.1) is 0 Å². The molecule has 0 aliphatic rings. The molecule has 0 aliphatic carbocycles. The van der Waals surface area contributed by atoms with Crippen molar-refractivity contribution in [3.05, 3.63) is 60.2 Å². The highest BCUT2D eigenvalue weighted by atomic mass is 19.3. The van der Waals surface area contributed by atoms with E-state index in [1.165, 1.54) is 6.07 Å². The van der Waals surface area contributed by atoms with Gasteiger partial charge in [0.2, 0.25) is 0 Å². The summed E-state index contributed by atoms with van der Waals surface area (Å²) in [5, 5.41) is 2.48. The lowest BCUT2D eigenvalue weighted by Crippen LogP contribution is -2.26. The third-order valence-electron chi connectivity index (χ3n) is 2.57. The monoisotopic (exact) mass is 293 g/mol. The van der Waals surface area contributed by atoms with Crippen molar-refractivity contribution in [3.63, 3.8) is 0 Å². The summed E-state index contributed by atoms with van der Waals surface area (Å²) in [6.45, 7) is -2.89. The highest BCUT2D eigenvalue weighted by Crippen LogP contribution is 2.20. The zero-order chi connectivity index (χ0) is 15.1. The fraction of sp³-hybridized carbons (Fsp3) is 0.133. The second-order valence-corrected chi connectivity index (χ2v) is 4.04. The van der Waals surface area contributed by atoms with Gasteiger partial charge in [0.05, 0.1) is 0 Å². The average molecular weight is 293 g/mol. The number of rotatable bonds is 5. The number of alkyl halides is 2. The van der Waals surface area contributed by atoms with E-state index in [2.05, 4.69) is 10.1 Å². The number of hydrogen-bond donors (Lipinski definition) is 1. The molecule has 2 aromatic carbocycles. The first-order chi connectivity index (χ1) is 10.1. The summed E-state index contributed by atoms with van der Waals surface area (Å²) in [5.41, 5.74) is 0.433. The van der Waals surface area contributed by atoms with E-state index in [1.54, 1.807) is 48.5 Å². The molecule has 0 saturated heterocycles. The Hall–Kier alpha value is -2.63. The molecule has 4 nitrogen and oxygen atoms in total. The molecule has 0 fully saturated rings. The molecule has 0 heterocycles. The first kappa shape index (κ1) is 14.8. The summed E-state index contributed by atoms with van der Waals surface area (Å²) in [7, 11) is 0. The second kappa shape index (κ2) is 7.23. The van der Waals surface area contributed by atoms with Crippen LogP contribution >= 0.6 is 0 Å². The Morgan fingerprint density at radius 1 is 1.05 bits per heavy atom. The van der Waals surface area contributed by atoms with Gasteiger partial charge >= 0.3 is 12.7 Å². The topological polar surface area (TPSA) is 47.6 Å². The van der Waals surface area contributed by atoms with Crippen LogP contribution in [-0.2, 0) is 6.54 Å². The van der Waals surface area contributed by atoms with Crippen LogP contribution in [0.1, 0.15) is 5.56 Å². The molecule has 21 heavy (non-hydrogen) atoms. The van der Waals surface area contributed by atoms with Crippen molar-refractivity contribution < 1.29 is 23.0 Å². The maximum atomic E-state index is 12.3. The Labute approximate surface area is 120 Å². The van der Waals surface area contributed by atoms with E-state index in [0.717, 1.165) is 0 Å². The summed E-state index contributed by atoms with van der Waals surface area (Å²) in [5.74, 6) is 0.416. The van der Waals surface area contributed by atoms with Crippen LogP contribution < -0.4 is 14.8 Å². The predicted octanol–water partition coefficient (Wildman–Crippen LogP) is 3.58. The van der Waals surface area contributed by atoms with Gasteiger partial charge in [0, 0.05) is 12.1 Å². The van der Waals surface area contributed by atoms with Crippen LogP contribution in [0.3, 0.4) is 0 Å². The molecular formula is C15H13F2NO3. The minimum atomic E-state index is -2.91. The van der Waals surface area contributed by atoms with Crippen molar-refractivity contribution in [3.8, 4) is 11.5 Å². The van der Waals surface area contributed by atoms with Crippen LogP contribution in [0.15, 0.2) is 54.6 Å². The number of para-hydroxylation sites is 2. The summed E-state index contributed by atoms with van der Waals surface area (Å²) in [6, 6.07) is 14.7. The van der Waals surface area contributed by atoms with Crippen molar-refractivity contribution in [1.82, 2.24) is 5.32 Å².